The summed E-state index contributed by atoms with van der Waals surface area (Å²) in [5, 5.41) is 2.45. The molecular formula is C16H14F4N2O3. The Hall–Kier alpha value is -2.84. The maximum atomic E-state index is 13.7. The maximum Gasteiger partial charge on any atom is 0.422 e. The van der Waals surface area contributed by atoms with Gasteiger partial charge in [0.1, 0.15) is 0 Å². The van der Waals surface area contributed by atoms with Crippen LogP contribution in [0, 0.1) is 5.82 Å². The number of amides is 1. The van der Waals surface area contributed by atoms with E-state index in [1.165, 1.54) is 18.2 Å². The molecule has 0 saturated carbocycles. The van der Waals surface area contributed by atoms with Crippen molar-refractivity contribution in [2.45, 2.75) is 13.1 Å². The fraction of sp³-hybridized carbons (Fsp3) is 0.250. The van der Waals surface area contributed by atoms with Crippen molar-refractivity contribution in [3.05, 3.63) is 47.9 Å². The molecule has 1 heterocycles. The number of nitrogens with one attached hydrogen (secondary N) is 1. The fourth-order valence-corrected chi connectivity index (χ4v) is 1.81. The minimum absolute atomic E-state index is 0.0633. The van der Waals surface area contributed by atoms with Gasteiger partial charge < -0.3 is 14.8 Å². The molecule has 0 saturated heterocycles. The summed E-state index contributed by atoms with van der Waals surface area (Å²) >= 11 is 0. The second-order valence-electron chi connectivity index (χ2n) is 4.82. The standard InChI is InChI=1S/C16H14F4N2O3/c1-2-24-13-5-4-11(7-12(13)17)22-15(23)10-3-6-14(21-8-10)25-9-16(18,19)20/h3-8H,2,9H2,1H3,(H,22,23). The largest absolute Gasteiger partial charge is 0.491 e. The van der Waals surface area contributed by atoms with Crippen LogP contribution in [0.15, 0.2) is 36.5 Å². The molecule has 1 aromatic carbocycles. The van der Waals surface area contributed by atoms with Crippen molar-refractivity contribution < 1.29 is 31.8 Å². The van der Waals surface area contributed by atoms with Crippen molar-refractivity contribution >= 4 is 11.6 Å². The van der Waals surface area contributed by atoms with Crippen LogP contribution in [-0.4, -0.2) is 30.3 Å². The SMILES string of the molecule is CCOc1ccc(NC(=O)c2ccc(OCC(F)(F)F)nc2)cc1F. The number of nitrogens with zero attached hydrogens (tertiary/aromatic N) is 1. The molecule has 9 heteroatoms. The minimum atomic E-state index is -4.48. The van der Waals surface area contributed by atoms with Gasteiger partial charge in [0.25, 0.3) is 5.91 Å². The Labute approximate surface area is 140 Å². The number of halogens is 4. The van der Waals surface area contributed by atoms with E-state index in [9.17, 15) is 22.4 Å². The summed E-state index contributed by atoms with van der Waals surface area (Å²) in [6.45, 7) is 0.540. The monoisotopic (exact) mass is 358 g/mol. The number of hydrogen-bond donors (Lipinski definition) is 1. The average Bonchev–Trinajstić information content (AvgIpc) is 2.55. The predicted molar refractivity (Wildman–Crippen MR) is 81.3 cm³/mol. The number of carbonyl (C=O) groups excluding carboxylic acids is 1. The molecule has 1 aromatic heterocycles. The van der Waals surface area contributed by atoms with Crippen LogP contribution in [0.4, 0.5) is 23.2 Å². The van der Waals surface area contributed by atoms with Gasteiger partial charge in [0.15, 0.2) is 18.2 Å². The number of pyridine rings is 1. The van der Waals surface area contributed by atoms with Crippen LogP contribution in [0.2, 0.25) is 0 Å². The highest BCUT2D eigenvalue weighted by Gasteiger charge is 2.28. The van der Waals surface area contributed by atoms with Gasteiger partial charge in [-0.25, -0.2) is 9.37 Å². The highest BCUT2D eigenvalue weighted by Crippen LogP contribution is 2.22. The lowest BCUT2D eigenvalue weighted by molar-refractivity contribution is -0.154. The number of aromatic nitrogens is 1. The molecule has 1 amide bonds. The number of carbonyl (C=O) groups is 1. The molecule has 0 aliphatic carbocycles. The molecule has 0 bridgehead atoms. The quantitative estimate of drug-likeness (QED) is 0.798. The number of alkyl halides is 3. The molecular weight excluding hydrogens is 344 g/mol. The molecule has 2 rings (SSSR count). The van der Waals surface area contributed by atoms with E-state index in [2.05, 4.69) is 15.0 Å². The Morgan fingerprint density at radius 2 is 1.96 bits per heavy atom. The fourth-order valence-electron chi connectivity index (χ4n) is 1.81. The van der Waals surface area contributed by atoms with Crippen LogP contribution < -0.4 is 14.8 Å². The van der Waals surface area contributed by atoms with Gasteiger partial charge in [0, 0.05) is 24.0 Å². The van der Waals surface area contributed by atoms with Gasteiger partial charge in [-0.3, -0.25) is 4.79 Å². The van der Waals surface area contributed by atoms with E-state index >= 15 is 0 Å². The molecule has 5 nitrogen and oxygen atoms in total. The molecule has 1 N–H and O–H groups in total. The van der Waals surface area contributed by atoms with Crippen molar-refractivity contribution in [1.82, 2.24) is 4.98 Å². The Bertz CT molecular complexity index is 733. The third kappa shape index (κ3) is 5.63. The summed E-state index contributed by atoms with van der Waals surface area (Å²) in [5.74, 6) is -1.43. The third-order valence-corrected chi connectivity index (χ3v) is 2.87. The van der Waals surface area contributed by atoms with E-state index in [1.807, 2.05) is 0 Å². The van der Waals surface area contributed by atoms with E-state index in [0.29, 0.717) is 6.61 Å². The lowest BCUT2D eigenvalue weighted by atomic mass is 10.2. The van der Waals surface area contributed by atoms with E-state index in [4.69, 9.17) is 4.74 Å². The molecule has 134 valence electrons. The van der Waals surface area contributed by atoms with Crippen LogP contribution in [0.1, 0.15) is 17.3 Å². The average molecular weight is 358 g/mol. The van der Waals surface area contributed by atoms with Gasteiger partial charge >= 0.3 is 6.18 Å². The molecule has 0 unspecified atom stereocenters. The number of benzene rings is 1. The Balaban J connectivity index is 2.00. The lowest BCUT2D eigenvalue weighted by Crippen LogP contribution is -2.19. The zero-order valence-corrected chi connectivity index (χ0v) is 13.1. The van der Waals surface area contributed by atoms with E-state index in [-0.39, 0.29) is 22.9 Å². The first-order valence-electron chi connectivity index (χ1n) is 7.18. The molecule has 0 radical (unpaired) electrons. The van der Waals surface area contributed by atoms with Crippen LogP contribution in [-0.2, 0) is 0 Å². The summed E-state index contributed by atoms with van der Waals surface area (Å²) in [7, 11) is 0. The van der Waals surface area contributed by atoms with Crippen molar-refractivity contribution in [3.8, 4) is 11.6 Å². The summed E-state index contributed by atoms with van der Waals surface area (Å²) in [6, 6.07) is 6.32. The van der Waals surface area contributed by atoms with Gasteiger partial charge in [0.2, 0.25) is 5.88 Å². The van der Waals surface area contributed by atoms with Crippen LogP contribution in [0.3, 0.4) is 0 Å². The predicted octanol–water partition coefficient (Wildman–Crippen LogP) is 3.81. The van der Waals surface area contributed by atoms with Crippen LogP contribution >= 0.6 is 0 Å². The number of rotatable bonds is 6. The smallest absolute Gasteiger partial charge is 0.422 e. The molecule has 0 aliphatic heterocycles. The molecule has 0 spiro atoms. The highest BCUT2D eigenvalue weighted by atomic mass is 19.4. The van der Waals surface area contributed by atoms with Gasteiger partial charge in [-0.05, 0) is 25.1 Å². The number of hydrogen-bond acceptors (Lipinski definition) is 4. The Morgan fingerprint density at radius 1 is 1.20 bits per heavy atom. The normalized spacial score (nSPS) is 11.1. The summed E-state index contributed by atoms with van der Waals surface area (Å²) < 4.78 is 59.4. The molecule has 0 aliphatic rings. The summed E-state index contributed by atoms with van der Waals surface area (Å²) in [5.41, 5.74) is 0.275. The molecule has 0 atom stereocenters. The van der Waals surface area contributed by atoms with Crippen LogP contribution in [0.25, 0.3) is 0 Å². The number of ether oxygens (including phenoxy) is 2. The lowest BCUT2D eigenvalue weighted by Gasteiger charge is -2.10. The van der Waals surface area contributed by atoms with Gasteiger partial charge in [0.05, 0.1) is 12.2 Å². The first-order valence-corrected chi connectivity index (χ1v) is 7.18. The highest BCUT2D eigenvalue weighted by molar-refractivity contribution is 6.04. The second kappa shape index (κ2) is 7.82. The van der Waals surface area contributed by atoms with Gasteiger partial charge in [-0.1, -0.05) is 0 Å². The van der Waals surface area contributed by atoms with Gasteiger partial charge in [-0.2, -0.15) is 13.2 Å². The zero-order valence-electron chi connectivity index (χ0n) is 13.1. The molecule has 2 aromatic rings. The second-order valence-corrected chi connectivity index (χ2v) is 4.82. The Kier molecular flexibility index (Phi) is 5.79. The minimum Gasteiger partial charge on any atom is -0.491 e. The number of anilines is 1. The van der Waals surface area contributed by atoms with E-state index < -0.39 is 24.5 Å². The van der Waals surface area contributed by atoms with Crippen LogP contribution in [0.5, 0.6) is 11.6 Å². The first kappa shape index (κ1) is 18.5. The topological polar surface area (TPSA) is 60.5 Å². The van der Waals surface area contributed by atoms with Crippen molar-refractivity contribution in [3.63, 3.8) is 0 Å². The first-order chi connectivity index (χ1) is 11.8. The third-order valence-electron chi connectivity index (χ3n) is 2.87. The van der Waals surface area contributed by atoms with Crippen molar-refractivity contribution in [1.29, 1.82) is 0 Å². The Morgan fingerprint density at radius 3 is 2.52 bits per heavy atom. The molecule has 25 heavy (non-hydrogen) atoms. The van der Waals surface area contributed by atoms with E-state index in [0.717, 1.165) is 18.3 Å². The van der Waals surface area contributed by atoms with E-state index in [1.54, 1.807) is 6.92 Å². The maximum absolute atomic E-state index is 13.7. The zero-order chi connectivity index (χ0) is 18.4. The summed E-state index contributed by atoms with van der Waals surface area (Å²) in [4.78, 5) is 15.7. The van der Waals surface area contributed by atoms with Crippen molar-refractivity contribution in [2.75, 3.05) is 18.5 Å². The molecule has 0 fully saturated rings. The van der Waals surface area contributed by atoms with Gasteiger partial charge in [-0.15, -0.1) is 0 Å². The van der Waals surface area contributed by atoms with Crippen molar-refractivity contribution in [2.24, 2.45) is 0 Å². The summed E-state index contributed by atoms with van der Waals surface area (Å²) in [6.07, 6.45) is -3.42.